The zero-order chi connectivity index (χ0) is 11.9. The number of aryl methyl sites for hydroxylation is 1. The number of nitrogens with one attached hydrogen (secondary N) is 1. The first-order valence-corrected chi connectivity index (χ1v) is 6.25. The van der Waals surface area contributed by atoms with Crippen LogP contribution >= 0.6 is 0 Å². The summed E-state index contributed by atoms with van der Waals surface area (Å²) in [4.78, 5) is 14.3. The van der Waals surface area contributed by atoms with Gasteiger partial charge in [-0.1, -0.05) is 17.7 Å². The first-order valence-electron chi connectivity index (χ1n) is 6.25. The summed E-state index contributed by atoms with van der Waals surface area (Å²) in [5, 5.41) is 3.31. The summed E-state index contributed by atoms with van der Waals surface area (Å²) in [6.45, 7) is 6.02. The van der Waals surface area contributed by atoms with Crippen molar-refractivity contribution >= 4 is 5.91 Å². The summed E-state index contributed by atoms with van der Waals surface area (Å²) in [5.74, 6) is 0.189. The Kier molecular flexibility index (Phi) is 2.44. The van der Waals surface area contributed by atoms with Gasteiger partial charge in [0, 0.05) is 37.2 Å². The van der Waals surface area contributed by atoms with Crippen LogP contribution < -0.4 is 5.32 Å². The number of carbonyl (C=O) groups is 1. The van der Waals surface area contributed by atoms with Gasteiger partial charge in [0.2, 0.25) is 0 Å². The largest absolute Gasteiger partial charge is 0.338 e. The molecule has 2 heterocycles. The predicted octanol–water partition coefficient (Wildman–Crippen LogP) is 1.43. The van der Waals surface area contributed by atoms with E-state index in [0.717, 1.165) is 38.2 Å². The molecule has 0 aliphatic carbocycles. The van der Waals surface area contributed by atoms with Gasteiger partial charge in [-0.25, -0.2) is 0 Å². The topological polar surface area (TPSA) is 32.3 Å². The molecule has 1 N–H and O–H groups in total. The van der Waals surface area contributed by atoms with Crippen molar-refractivity contribution < 1.29 is 4.79 Å². The normalized spacial score (nSPS) is 21.6. The van der Waals surface area contributed by atoms with Crippen LogP contribution in [0.2, 0.25) is 0 Å². The van der Waals surface area contributed by atoms with Crippen LogP contribution in [0.5, 0.6) is 0 Å². The maximum atomic E-state index is 12.3. The van der Waals surface area contributed by atoms with Crippen molar-refractivity contribution in [1.29, 1.82) is 0 Å². The first kappa shape index (κ1) is 10.8. The van der Waals surface area contributed by atoms with E-state index in [4.69, 9.17) is 0 Å². The lowest BCUT2D eigenvalue weighted by molar-refractivity contribution is 0.0752. The number of likely N-dealkylation sites (tertiary alicyclic amines) is 1. The Morgan fingerprint density at radius 1 is 1.29 bits per heavy atom. The molecule has 0 saturated carbocycles. The fourth-order valence-corrected chi connectivity index (χ4v) is 2.75. The van der Waals surface area contributed by atoms with Gasteiger partial charge < -0.3 is 10.2 Å². The van der Waals surface area contributed by atoms with Crippen LogP contribution in [0.25, 0.3) is 0 Å². The van der Waals surface area contributed by atoms with Gasteiger partial charge in [-0.2, -0.15) is 0 Å². The molecule has 3 heteroatoms. The van der Waals surface area contributed by atoms with Crippen LogP contribution in [0.15, 0.2) is 24.3 Å². The third-order valence-electron chi connectivity index (χ3n) is 4.02. The van der Waals surface area contributed by atoms with Gasteiger partial charge >= 0.3 is 0 Å². The molecule has 3 nitrogen and oxygen atoms in total. The minimum atomic E-state index is 0.189. The minimum Gasteiger partial charge on any atom is -0.338 e. The van der Waals surface area contributed by atoms with Crippen molar-refractivity contribution in [3.63, 3.8) is 0 Å². The molecule has 90 valence electrons. The molecule has 0 aromatic heterocycles. The summed E-state index contributed by atoms with van der Waals surface area (Å²) in [5.41, 5.74) is 2.41. The monoisotopic (exact) mass is 230 g/mol. The zero-order valence-corrected chi connectivity index (χ0v) is 10.2. The number of hydrogen-bond donors (Lipinski definition) is 1. The molecule has 2 fully saturated rings. The molecule has 1 amide bonds. The molecule has 2 aliphatic heterocycles. The number of hydrogen-bond acceptors (Lipinski definition) is 2. The van der Waals surface area contributed by atoms with E-state index in [1.807, 2.05) is 36.1 Å². The van der Waals surface area contributed by atoms with Crippen molar-refractivity contribution in [3.05, 3.63) is 35.4 Å². The van der Waals surface area contributed by atoms with E-state index in [0.29, 0.717) is 5.41 Å². The van der Waals surface area contributed by atoms with E-state index in [9.17, 15) is 4.79 Å². The maximum absolute atomic E-state index is 12.3. The highest BCUT2D eigenvalue weighted by atomic mass is 16.2. The second kappa shape index (κ2) is 3.84. The third-order valence-corrected chi connectivity index (χ3v) is 4.02. The zero-order valence-electron chi connectivity index (χ0n) is 10.2. The predicted molar refractivity (Wildman–Crippen MR) is 67.0 cm³/mol. The summed E-state index contributed by atoms with van der Waals surface area (Å²) in [7, 11) is 0. The van der Waals surface area contributed by atoms with Gasteiger partial charge in [0.25, 0.3) is 5.91 Å². The Hall–Kier alpha value is -1.35. The molecule has 1 aromatic rings. The Morgan fingerprint density at radius 2 is 2.00 bits per heavy atom. The van der Waals surface area contributed by atoms with Gasteiger partial charge in [0.15, 0.2) is 0 Å². The molecule has 17 heavy (non-hydrogen) atoms. The van der Waals surface area contributed by atoms with E-state index >= 15 is 0 Å². The maximum Gasteiger partial charge on any atom is 0.253 e. The Balaban J connectivity index is 1.72. The SMILES string of the molecule is Cc1ccc(C(=O)N2CCC3(CNC3)C2)cc1. The molecule has 0 bridgehead atoms. The van der Waals surface area contributed by atoms with E-state index in [-0.39, 0.29) is 5.91 Å². The number of carbonyl (C=O) groups excluding carboxylic acids is 1. The standard InChI is InChI=1S/C14H18N2O/c1-11-2-4-12(5-3-11)13(17)16-7-6-14(10-16)8-15-9-14/h2-5,15H,6-10H2,1H3. The average molecular weight is 230 g/mol. The highest BCUT2D eigenvalue weighted by Crippen LogP contribution is 2.34. The van der Waals surface area contributed by atoms with Crippen LogP contribution in [-0.4, -0.2) is 37.0 Å². The average Bonchev–Trinajstić information content (AvgIpc) is 2.74. The smallest absolute Gasteiger partial charge is 0.253 e. The van der Waals surface area contributed by atoms with E-state index in [1.165, 1.54) is 5.56 Å². The highest BCUT2D eigenvalue weighted by molar-refractivity contribution is 5.94. The van der Waals surface area contributed by atoms with Gasteiger partial charge in [-0.3, -0.25) is 4.79 Å². The Morgan fingerprint density at radius 3 is 2.53 bits per heavy atom. The minimum absolute atomic E-state index is 0.189. The van der Waals surface area contributed by atoms with Gasteiger partial charge in [-0.05, 0) is 25.5 Å². The number of rotatable bonds is 1. The summed E-state index contributed by atoms with van der Waals surface area (Å²) >= 11 is 0. The number of nitrogens with zero attached hydrogens (tertiary/aromatic N) is 1. The van der Waals surface area contributed by atoms with Crippen LogP contribution in [-0.2, 0) is 0 Å². The summed E-state index contributed by atoms with van der Waals surface area (Å²) < 4.78 is 0. The van der Waals surface area contributed by atoms with Crippen molar-refractivity contribution in [1.82, 2.24) is 10.2 Å². The summed E-state index contributed by atoms with van der Waals surface area (Å²) in [6.07, 6.45) is 1.15. The highest BCUT2D eigenvalue weighted by Gasteiger charge is 2.44. The van der Waals surface area contributed by atoms with Crippen molar-refractivity contribution in [2.75, 3.05) is 26.2 Å². The van der Waals surface area contributed by atoms with Gasteiger partial charge in [0.1, 0.15) is 0 Å². The van der Waals surface area contributed by atoms with Crippen LogP contribution in [0.1, 0.15) is 22.3 Å². The molecule has 2 saturated heterocycles. The van der Waals surface area contributed by atoms with E-state index in [2.05, 4.69) is 5.32 Å². The van der Waals surface area contributed by atoms with Crippen LogP contribution in [0.4, 0.5) is 0 Å². The van der Waals surface area contributed by atoms with Crippen molar-refractivity contribution in [2.24, 2.45) is 5.41 Å². The Labute approximate surface area is 102 Å². The fourth-order valence-electron chi connectivity index (χ4n) is 2.75. The summed E-state index contributed by atoms with van der Waals surface area (Å²) in [6, 6.07) is 7.87. The van der Waals surface area contributed by atoms with Crippen LogP contribution in [0.3, 0.4) is 0 Å². The second-order valence-corrected chi connectivity index (χ2v) is 5.45. The number of benzene rings is 1. The lowest BCUT2D eigenvalue weighted by Gasteiger charge is -2.39. The van der Waals surface area contributed by atoms with E-state index in [1.54, 1.807) is 0 Å². The molecule has 0 unspecified atom stereocenters. The molecule has 1 aromatic carbocycles. The molecular weight excluding hydrogens is 212 g/mol. The molecule has 2 aliphatic rings. The fraction of sp³-hybridized carbons (Fsp3) is 0.500. The van der Waals surface area contributed by atoms with E-state index < -0.39 is 0 Å². The second-order valence-electron chi connectivity index (χ2n) is 5.45. The van der Waals surface area contributed by atoms with Gasteiger partial charge in [-0.15, -0.1) is 0 Å². The lowest BCUT2D eigenvalue weighted by Crippen LogP contribution is -2.55. The third kappa shape index (κ3) is 1.84. The van der Waals surface area contributed by atoms with Crippen LogP contribution in [0, 0.1) is 12.3 Å². The number of amides is 1. The quantitative estimate of drug-likeness (QED) is 0.791. The molecule has 3 rings (SSSR count). The van der Waals surface area contributed by atoms with Crippen molar-refractivity contribution in [2.45, 2.75) is 13.3 Å². The van der Waals surface area contributed by atoms with Crippen molar-refractivity contribution in [3.8, 4) is 0 Å². The molecular formula is C14H18N2O. The molecule has 0 radical (unpaired) electrons. The first-order chi connectivity index (χ1) is 8.19. The van der Waals surface area contributed by atoms with Gasteiger partial charge in [0.05, 0.1) is 0 Å². The molecule has 1 spiro atoms. The molecule has 0 atom stereocenters. The lowest BCUT2D eigenvalue weighted by atomic mass is 9.81. The Bertz CT molecular complexity index is 434.